The van der Waals surface area contributed by atoms with E-state index in [1.165, 1.54) is 0 Å². The van der Waals surface area contributed by atoms with E-state index >= 15 is 0 Å². The van der Waals surface area contributed by atoms with Crippen molar-refractivity contribution >= 4 is 28.8 Å². The molecule has 112 valence electrons. The van der Waals surface area contributed by atoms with E-state index in [0.717, 1.165) is 16.9 Å². The first-order valence-corrected chi connectivity index (χ1v) is 7.17. The van der Waals surface area contributed by atoms with Gasteiger partial charge in [-0.25, -0.2) is 4.98 Å². The van der Waals surface area contributed by atoms with Crippen molar-refractivity contribution in [2.24, 2.45) is 10.2 Å². The maximum Gasteiger partial charge on any atom is 0.182 e. The number of hydrogen-bond acceptors (Lipinski definition) is 4. The minimum Gasteiger partial charge on any atom is -0.494 e. The number of nitrogens with zero attached hydrogens (tertiary/aromatic N) is 4. The molecule has 6 heteroatoms. The number of imidazole rings is 1. The van der Waals surface area contributed by atoms with Crippen LogP contribution in [0.2, 0.25) is 5.02 Å². The summed E-state index contributed by atoms with van der Waals surface area (Å²) in [6, 6.07) is 9.42. The van der Waals surface area contributed by atoms with E-state index in [1.54, 1.807) is 19.4 Å². The quantitative estimate of drug-likeness (QED) is 0.637. The SMILES string of the molecule is COc1ccc(C)cc1N=Nc1c(C)nc2ccc(Cl)cn12. The van der Waals surface area contributed by atoms with Crippen LogP contribution < -0.4 is 4.74 Å². The largest absolute Gasteiger partial charge is 0.494 e. The number of aryl methyl sites for hydroxylation is 2. The van der Waals surface area contributed by atoms with Gasteiger partial charge in [-0.1, -0.05) is 17.7 Å². The summed E-state index contributed by atoms with van der Waals surface area (Å²) in [7, 11) is 1.61. The van der Waals surface area contributed by atoms with Crippen molar-refractivity contribution < 1.29 is 4.74 Å². The van der Waals surface area contributed by atoms with Gasteiger partial charge in [0.05, 0.1) is 17.8 Å². The molecule has 0 aliphatic rings. The maximum atomic E-state index is 6.04. The molecular formula is C16H15ClN4O. The number of azo groups is 1. The molecule has 0 saturated heterocycles. The van der Waals surface area contributed by atoms with Crippen LogP contribution in [-0.2, 0) is 0 Å². The number of pyridine rings is 1. The topological polar surface area (TPSA) is 51.2 Å². The van der Waals surface area contributed by atoms with Crippen LogP contribution in [0.25, 0.3) is 5.65 Å². The fraction of sp³-hybridized carbons (Fsp3) is 0.188. The monoisotopic (exact) mass is 314 g/mol. The van der Waals surface area contributed by atoms with Gasteiger partial charge in [-0.2, -0.15) is 0 Å². The summed E-state index contributed by atoms with van der Waals surface area (Å²) in [4.78, 5) is 4.45. The Morgan fingerprint density at radius 1 is 1.14 bits per heavy atom. The number of fused-ring (bicyclic) bond motifs is 1. The van der Waals surface area contributed by atoms with Crippen LogP contribution in [0.3, 0.4) is 0 Å². The first kappa shape index (κ1) is 14.5. The Morgan fingerprint density at radius 3 is 2.73 bits per heavy atom. The fourth-order valence-corrected chi connectivity index (χ4v) is 2.38. The van der Waals surface area contributed by atoms with E-state index < -0.39 is 0 Å². The molecule has 2 heterocycles. The number of aromatic nitrogens is 2. The summed E-state index contributed by atoms with van der Waals surface area (Å²) in [5, 5.41) is 9.28. The molecule has 1 aromatic carbocycles. The first-order chi connectivity index (χ1) is 10.6. The van der Waals surface area contributed by atoms with Crippen molar-refractivity contribution in [2.75, 3.05) is 7.11 Å². The molecule has 0 atom stereocenters. The molecule has 0 aliphatic carbocycles. The molecule has 0 spiro atoms. The third-order valence-electron chi connectivity index (χ3n) is 3.31. The molecule has 0 aliphatic heterocycles. The van der Waals surface area contributed by atoms with Gasteiger partial charge in [-0.15, -0.1) is 10.2 Å². The Bertz CT molecular complexity index is 870. The van der Waals surface area contributed by atoms with Gasteiger partial charge < -0.3 is 4.74 Å². The molecule has 0 fully saturated rings. The second kappa shape index (κ2) is 5.77. The number of benzene rings is 1. The third kappa shape index (κ3) is 2.67. The van der Waals surface area contributed by atoms with Gasteiger partial charge in [0.15, 0.2) is 5.82 Å². The van der Waals surface area contributed by atoms with Gasteiger partial charge in [0, 0.05) is 6.20 Å². The van der Waals surface area contributed by atoms with E-state index in [9.17, 15) is 0 Å². The van der Waals surface area contributed by atoms with Crippen molar-refractivity contribution in [3.05, 3.63) is 52.8 Å². The highest BCUT2D eigenvalue weighted by molar-refractivity contribution is 6.30. The highest BCUT2D eigenvalue weighted by Gasteiger charge is 2.09. The number of methoxy groups -OCH3 is 1. The van der Waals surface area contributed by atoms with Crippen molar-refractivity contribution in [3.63, 3.8) is 0 Å². The van der Waals surface area contributed by atoms with E-state index in [2.05, 4.69) is 15.2 Å². The predicted molar refractivity (Wildman–Crippen MR) is 86.8 cm³/mol. The summed E-state index contributed by atoms with van der Waals surface area (Å²) in [5.74, 6) is 1.33. The molecule has 0 amide bonds. The molecule has 0 bridgehead atoms. The molecule has 5 nitrogen and oxygen atoms in total. The van der Waals surface area contributed by atoms with Gasteiger partial charge >= 0.3 is 0 Å². The Hall–Kier alpha value is -2.40. The smallest absolute Gasteiger partial charge is 0.182 e. The van der Waals surface area contributed by atoms with Crippen LogP contribution >= 0.6 is 11.6 Å². The highest BCUT2D eigenvalue weighted by atomic mass is 35.5. The number of rotatable bonds is 3. The average molecular weight is 315 g/mol. The van der Waals surface area contributed by atoms with Crippen molar-refractivity contribution in [1.29, 1.82) is 0 Å². The number of halogens is 1. The summed E-state index contributed by atoms with van der Waals surface area (Å²) in [6.45, 7) is 3.89. The van der Waals surface area contributed by atoms with Crippen LogP contribution in [-0.4, -0.2) is 16.5 Å². The van der Waals surface area contributed by atoms with E-state index in [4.69, 9.17) is 16.3 Å². The molecule has 0 radical (unpaired) electrons. The van der Waals surface area contributed by atoms with Crippen LogP contribution in [0.1, 0.15) is 11.3 Å². The number of ether oxygens (including phenoxy) is 1. The third-order valence-corrected chi connectivity index (χ3v) is 3.54. The van der Waals surface area contributed by atoms with Crippen LogP contribution in [0.4, 0.5) is 11.5 Å². The molecule has 0 N–H and O–H groups in total. The van der Waals surface area contributed by atoms with Crippen LogP contribution in [0.5, 0.6) is 5.75 Å². The summed E-state index contributed by atoms with van der Waals surface area (Å²) in [6.07, 6.45) is 1.78. The number of hydrogen-bond donors (Lipinski definition) is 0. The summed E-state index contributed by atoms with van der Waals surface area (Å²) in [5.41, 5.74) is 3.34. The molecule has 22 heavy (non-hydrogen) atoms. The van der Waals surface area contributed by atoms with Crippen molar-refractivity contribution in [3.8, 4) is 5.75 Å². The molecule has 0 unspecified atom stereocenters. The molecule has 3 aromatic rings. The van der Waals surface area contributed by atoms with Gasteiger partial charge in [0.25, 0.3) is 0 Å². The summed E-state index contributed by atoms with van der Waals surface area (Å²) < 4.78 is 7.13. The maximum absolute atomic E-state index is 6.04. The van der Waals surface area contributed by atoms with E-state index in [0.29, 0.717) is 22.3 Å². The standard InChI is InChI=1S/C16H15ClN4O/c1-10-4-6-14(22-3)13(8-10)19-20-16-11(2)18-15-7-5-12(17)9-21(15)16/h4-9H,1-3H3. The Morgan fingerprint density at radius 2 is 1.95 bits per heavy atom. The zero-order valence-corrected chi connectivity index (χ0v) is 13.3. The fourth-order valence-electron chi connectivity index (χ4n) is 2.22. The lowest BCUT2D eigenvalue weighted by Gasteiger charge is -2.04. The summed E-state index contributed by atoms with van der Waals surface area (Å²) >= 11 is 6.04. The molecule has 0 saturated carbocycles. The Kier molecular flexibility index (Phi) is 3.81. The molecule has 2 aromatic heterocycles. The van der Waals surface area contributed by atoms with Gasteiger partial charge in [-0.05, 0) is 43.7 Å². The van der Waals surface area contributed by atoms with Crippen molar-refractivity contribution in [2.45, 2.75) is 13.8 Å². The van der Waals surface area contributed by atoms with E-state index in [1.807, 2.05) is 42.5 Å². The highest BCUT2D eigenvalue weighted by Crippen LogP contribution is 2.31. The zero-order valence-electron chi connectivity index (χ0n) is 12.5. The minimum absolute atomic E-state index is 0.620. The lowest BCUT2D eigenvalue weighted by Crippen LogP contribution is -1.84. The lowest BCUT2D eigenvalue weighted by molar-refractivity contribution is 0.415. The van der Waals surface area contributed by atoms with Crippen LogP contribution in [0.15, 0.2) is 46.8 Å². The molecule has 3 rings (SSSR count). The Balaban J connectivity index is 2.08. The molecular weight excluding hydrogens is 300 g/mol. The van der Waals surface area contributed by atoms with Crippen molar-refractivity contribution in [1.82, 2.24) is 9.38 Å². The normalized spacial score (nSPS) is 11.5. The lowest BCUT2D eigenvalue weighted by atomic mass is 10.2. The minimum atomic E-state index is 0.620. The van der Waals surface area contributed by atoms with E-state index in [-0.39, 0.29) is 0 Å². The second-order valence-corrected chi connectivity index (χ2v) is 5.41. The Labute approximate surface area is 133 Å². The predicted octanol–water partition coefficient (Wildman–Crippen LogP) is 5.03. The van der Waals surface area contributed by atoms with Gasteiger partial charge in [-0.3, -0.25) is 4.40 Å². The average Bonchev–Trinajstić information content (AvgIpc) is 2.80. The zero-order chi connectivity index (χ0) is 15.7. The van der Waals surface area contributed by atoms with Gasteiger partial charge in [0.2, 0.25) is 0 Å². The second-order valence-electron chi connectivity index (χ2n) is 4.97. The van der Waals surface area contributed by atoms with Gasteiger partial charge in [0.1, 0.15) is 17.1 Å². The van der Waals surface area contributed by atoms with Crippen LogP contribution in [0, 0.1) is 13.8 Å². The first-order valence-electron chi connectivity index (χ1n) is 6.79.